The molecular weight excluding hydrogens is 224 g/mol. The Kier molecular flexibility index (Phi) is 5.76. The summed E-state index contributed by atoms with van der Waals surface area (Å²) >= 11 is 0. The van der Waals surface area contributed by atoms with E-state index in [-0.39, 0.29) is 19.8 Å². The lowest BCUT2D eigenvalue weighted by atomic mass is 10.2. The van der Waals surface area contributed by atoms with Crippen molar-refractivity contribution in [2.75, 3.05) is 27.4 Å². The highest BCUT2D eigenvalue weighted by atomic mass is 16.5. The Labute approximate surface area is 101 Å². The van der Waals surface area contributed by atoms with Crippen molar-refractivity contribution < 1.29 is 24.4 Å². The molecular formula is C12H18O5. The van der Waals surface area contributed by atoms with E-state index in [1.54, 1.807) is 18.2 Å². The van der Waals surface area contributed by atoms with Crippen molar-refractivity contribution in [3.05, 3.63) is 23.8 Å². The Hall–Kier alpha value is -1.30. The van der Waals surface area contributed by atoms with E-state index in [9.17, 15) is 5.11 Å². The number of hydrogen-bond donors (Lipinski definition) is 2. The molecule has 1 aromatic carbocycles. The molecule has 1 unspecified atom stereocenters. The Bertz CT molecular complexity index is 340. The van der Waals surface area contributed by atoms with Gasteiger partial charge < -0.3 is 24.4 Å². The summed E-state index contributed by atoms with van der Waals surface area (Å²) in [6.45, 7) is 0.294. The topological polar surface area (TPSA) is 68.2 Å². The van der Waals surface area contributed by atoms with Gasteiger partial charge in [0.2, 0.25) is 0 Å². The number of rotatable bonds is 7. The average Bonchev–Trinajstić information content (AvgIpc) is 2.36. The monoisotopic (exact) mass is 242 g/mol. The van der Waals surface area contributed by atoms with Gasteiger partial charge in [-0.05, 0) is 17.7 Å². The number of methoxy groups -OCH3 is 2. The summed E-state index contributed by atoms with van der Waals surface area (Å²) in [6, 6.07) is 5.13. The molecule has 0 amide bonds. The molecule has 96 valence electrons. The largest absolute Gasteiger partial charge is 0.493 e. The van der Waals surface area contributed by atoms with Crippen LogP contribution in [0.25, 0.3) is 0 Å². The van der Waals surface area contributed by atoms with Crippen LogP contribution in [-0.2, 0) is 11.3 Å². The Morgan fingerprint density at radius 2 is 1.94 bits per heavy atom. The maximum atomic E-state index is 9.44. The van der Waals surface area contributed by atoms with Crippen LogP contribution < -0.4 is 9.47 Å². The summed E-state index contributed by atoms with van der Waals surface area (Å²) in [7, 11) is 3.04. The predicted molar refractivity (Wildman–Crippen MR) is 62.3 cm³/mol. The third-order valence-corrected chi connectivity index (χ3v) is 2.20. The van der Waals surface area contributed by atoms with E-state index in [1.165, 1.54) is 14.2 Å². The van der Waals surface area contributed by atoms with Crippen LogP contribution in [0.5, 0.6) is 11.5 Å². The highest BCUT2D eigenvalue weighted by Gasteiger charge is 2.09. The summed E-state index contributed by atoms with van der Waals surface area (Å²) in [4.78, 5) is 0. The van der Waals surface area contributed by atoms with Crippen LogP contribution in [-0.4, -0.2) is 43.8 Å². The first kappa shape index (κ1) is 13.8. The SMILES string of the molecule is COCC(O)COc1ccc(CO)cc1OC. The fourth-order valence-corrected chi connectivity index (χ4v) is 1.36. The molecule has 2 N–H and O–H groups in total. The number of aliphatic hydroxyl groups is 2. The predicted octanol–water partition coefficient (Wildman–Crippen LogP) is 0.574. The minimum Gasteiger partial charge on any atom is -0.493 e. The molecule has 1 aromatic rings. The first-order valence-electron chi connectivity index (χ1n) is 5.28. The van der Waals surface area contributed by atoms with Gasteiger partial charge in [0.25, 0.3) is 0 Å². The van der Waals surface area contributed by atoms with Gasteiger partial charge in [-0.3, -0.25) is 0 Å². The Morgan fingerprint density at radius 3 is 2.53 bits per heavy atom. The minimum atomic E-state index is -0.678. The molecule has 0 bridgehead atoms. The fraction of sp³-hybridized carbons (Fsp3) is 0.500. The van der Waals surface area contributed by atoms with Gasteiger partial charge in [0.15, 0.2) is 11.5 Å². The summed E-state index contributed by atoms with van der Waals surface area (Å²) in [5.74, 6) is 1.06. The quantitative estimate of drug-likeness (QED) is 0.731. The second-order valence-corrected chi connectivity index (χ2v) is 3.56. The van der Waals surface area contributed by atoms with Gasteiger partial charge in [-0.1, -0.05) is 6.07 Å². The van der Waals surface area contributed by atoms with E-state index in [0.29, 0.717) is 11.5 Å². The second-order valence-electron chi connectivity index (χ2n) is 3.56. The zero-order valence-electron chi connectivity index (χ0n) is 10.0. The molecule has 0 saturated heterocycles. The minimum absolute atomic E-state index is 0.0526. The third kappa shape index (κ3) is 4.22. The van der Waals surface area contributed by atoms with Gasteiger partial charge in [-0.15, -0.1) is 0 Å². The first-order valence-corrected chi connectivity index (χ1v) is 5.28. The molecule has 0 aliphatic heterocycles. The summed E-state index contributed by atoms with van der Waals surface area (Å²) in [6.07, 6.45) is -0.678. The van der Waals surface area contributed by atoms with Crippen LogP contribution in [0, 0.1) is 0 Å². The van der Waals surface area contributed by atoms with Crippen LogP contribution in [0.4, 0.5) is 0 Å². The van der Waals surface area contributed by atoms with Crippen LogP contribution >= 0.6 is 0 Å². The fourth-order valence-electron chi connectivity index (χ4n) is 1.36. The van der Waals surface area contributed by atoms with Gasteiger partial charge in [-0.2, -0.15) is 0 Å². The summed E-state index contributed by atoms with van der Waals surface area (Å²) in [5.41, 5.74) is 0.742. The van der Waals surface area contributed by atoms with Gasteiger partial charge in [-0.25, -0.2) is 0 Å². The molecule has 0 fully saturated rings. The Balaban J connectivity index is 2.63. The van der Waals surface area contributed by atoms with Crippen molar-refractivity contribution >= 4 is 0 Å². The van der Waals surface area contributed by atoms with E-state index in [2.05, 4.69) is 0 Å². The maximum Gasteiger partial charge on any atom is 0.161 e. The smallest absolute Gasteiger partial charge is 0.161 e. The van der Waals surface area contributed by atoms with E-state index in [4.69, 9.17) is 19.3 Å². The van der Waals surface area contributed by atoms with Gasteiger partial charge in [0, 0.05) is 7.11 Å². The van der Waals surface area contributed by atoms with Crippen molar-refractivity contribution in [3.8, 4) is 11.5 Å². The number of hydrogen-bond acceptors (Lipinski definition) is 5. The molecule has 0 aliphatic carbocycles. The van der Waals surface area contributed by atoms with Crippen LogP contribution in [0.15, 0.2) is 18.2 Å². The van der Waals surface area contributed by atoms with Crippen molar-refractivity contribution in [1.29, 1.82) is 0 Å². The lowest BCUT2D eigenvalue weighted by Gasteiger charge is -2.14. The molecule has 5 nitrogen and oxygen atoms in total. The number of benzene rings is 1. The highest BCUT2D eigenvalue weighted by Crippen LogP contribution is 2.28. The molecule has 0 radical (unpaired) electrons. The van der Waals surface area contributed by atoms with Crippen LogP contribution in [0.3, 0.4) is 0 Å². The molecule has 0 heterocycles. The zero-order chi connectivity index (χ0) is 12.7. The van der Waals surface area contributed by atoms with E-state index in [0.717, 1.165) is 5.56 Å². The molecule has 5 heteroatoms. The van der Waals surface area contributed by atoms with Crippen molar-refractivity contribution in [1.82, 2.24) is 0 Å². The second kappa shape index (κ2) is 7.11. The molecule has 0 saturated carbocycles. The van der Waals surface area contributed by atoms with Crippen molar-refractivity contribution in [3.63, 3.8) is 0 Å². The summed E-state index contributed by atoms with van der Waals surface area (Å²) in [5, 5.41) is 18.4. The molecule has 0 spiro atoms. The Morgan fingerprint density at radius 1 is 1.18 bits per heavy atom. The van der Waals surface area contributed by atoms with Crippen LogP contribution in [0.1, 0.15) is 5.56 Å². The van der Waals surface area contributed by atoms with Gasteiger partial charge in [0.05, 0.1) is 20.3 Å². The molecule has 17 heavy (non-hydrogen) atoms. The maximum absolute atomic E-state index is 9.44. The van der Waals surface area contributed by atoms with Gasteiger partial charge in [0.1, 0.15) is 12.7 Å². The normalized spacial score (nSPS) is 12.2. The average molecular weight is 242 g/mol. The highest BCUT2D eigenvalue weighted by molar-refractivity contribution is 5.42. The summed E-state index contributed by atoms with van der Waals surface area (Å²) < 4.78 is 15.3. The molecule has 0 aromatic heterocycles. The van der Waals surface area contributed by atoms with Crippen molar-refractivity contribution in [2.45, 2.75) is 12.7 Å². The van der Waals surface area contributed by atoms with Crippen LogP contribution in [0.2, 0.25) is 0 Å². The van der Waals surface area contributed by atoms with Crippen molar-refractivity contribution in [2.24, 2.45) is 0 Å². The van der Waals surface area contributed by atoms with Gasteiger partial charge >= 0.3 is 0 Å². The zero-order valence-corrected chi connectivity index (χ0v) is 10.0. The molecule has 1 rings (SSSR count). The van der Waals surface area contributed by atoms with E-state index in [1.807, 2.05) is 0 Å². The molecule has 1 atom stereocenters. The standard InChI is InChI=1S/C12H18O5/c1-15-7-10(14)8-17-11-4-3-9(6-13)5-12(11)16-2/h3-5,10,13-14H,6-8H2,1-2H3. The first-order chi connectivity index (χ1) is 8.21. The number of aliphatic hydroxyl groups excluding tert-OH is 2. The number of ether oxygens (including phenoxy) is 3. The third-order valence-electron chi connectivity index (χ3n) is 2.20. The van der Waals surface area contributed by atoms with E-state index >= 15 is 0 Å². The lowest BCUT2D eigenvalue weighted by Crippen LogP contribution is -2.22. The lowest BCUT2D eigenvalue weighted by molar-refractivity contribution is 0.0319. The molecule has 0 aliphatic rings. The van der Waals surface area contributed by atoms with E-state index < -0.39 is 6.10 Å².